The van der Waals surface area contributed by atoms with Gasteiger partial charge in [-0.2, -0.15) is 0 Å². The van der Waals surface area contributed by atoms with Crippen LogP contribution in [0, 0.1) is 5.82 Å². The van der Waals surface area contributed by atoms with Crippen LogP contribution in [0.15, 0.2) is 66.1 Å². The van der Waals surface area contributed by atoms with E-state index in [1.807, 2.05) is 30.3 Å². The summed E-state index contributed by atoms with van der Waals surface area (Å²) in [7, 11) is -4.17. The lowest BCUT2D eigenvalue weighted by molar-refractivity contribution is -0.124. The minimum absolute atomic E-state index is 0.0961. The normalized spacial score (nSPS) is 14.8. The van der Waals surface area contributed by atoms with Gasteiger partial charge in [-0.15, -0.1) is 6.58 Å². The molecule has 9 heteroatoms. The molecule has 0 bridgehead atoms. The van der Waals surface area contributed by atoms with Gasteiger partial charge in [-0.05, 0) is 36.6 Å². The maximum atomic E-state index is 14.0. The van der Waals surface area contributed by atoms with E-state index in [1.165, 1.54) is 6.08 Å². The Kier molecular flexibility index (Phi) is 7.42. The first-order valence-electron chi connectivity index (χ1n) is 10.2. The van der Waals surface area contributed by atoms with Gasteiger partial charge >= 0.3 is 5.97 Å². The summed E-state index contributed by atoms with van der Waals surface area (Å²) in [5, 5.41) is 2.81. The molecule has 1 saturated carbocycles. The van der Waals surface area contributed by atoms with E-state index < -0.39 is 39.2 Å². The number of nitrogens with one attached hydrogen (secondary N) is 2. The van der Waals surface area contributed by atoms with E-state index >= 15 is 0 Å². The molecule has 2 aromatic rings. The second kappa shape index (κ2) is 10.1. The van der Waals surface area contributed by atoms with Crippen LogP contribution in [0.1, 0.15) is 35.2 Å². The topological polar surface area (TPSA) is 102 Å². The summed E-state index contributed by atoms with van der Waals surface area (Å²) in [6.45, 7) is 3.20. The van der Waals surface area contributed by atoms with Crippen molar-refractivity contribution in [1.82, 2.24) is 10.0 Å². The van der Waals surface area contributed by atoms with Crippen LogP contribution in [0.3, 0.4) is 0 Å². The molecule has 1 amide bonds. The van der Waals surface area contributed by atoms with Crippen LogP contribution in [0.5, 0.6) is 0 Å². The van der Waals surface area contributed by atoms with E-state index in [2.05, 4.69) is 16.6 Å². The second-order valence-electron chi connectivity index (χ2n) is 7.64. The number of hydrogen-bond donors (Lipinski definition) is 2. The quantitative estimate of drug-likeness (QED) is 0.419. The van der Waals surface area contributed by atoms with Crippen LogP contribution in [0.25, 0.3) is 0 Å². The van der Waals surface area contributed by atoms with Crippen LogP contribution < -0.4 is 10.0 Å². The lowest BCUT2D eigenvalue weighted by atomic mass is 9.64. The molecule has 0 aliphatic heterocycles. The number of amides is 1. The van der Waals surface area contributed by atoms with E-state index in [0.29, 0.717) is 6.54 Å². The lowest BCUT2D eigenvalue weighted by Gasteiger charge is -2.42. The number of esters is 1. The maximum Gasteiger partial charge on any atom is 0.338 e. The van der Waals surface area contributed by atoms with Crippen molar-refractivity contribution in [2.75, 3.05) is 19.7 Å². The molecule has 0 saturated heterocycles. The third-order valence-corrected chi connectivity index (χ3v) is 6.97. The third kappa shape index (κ3) is 5.41. The van der Waals surface area contributed by atoms with Gasteiger partial charge in [0, 0.05) is 18.5 Å². The van der Waals surface area contributed by atoms with Crippen LogP contribution in [-0.4, -0.2) is 40.0 Å². The number of ether oxygens (including phenoxy) is 1. The summed E-state index contributed by atoms with van der Waals surface area (Å²) in [5.74, 6) is -2.41. The Morgan fingerprint density at radius 2 is 1.88 bits per heavy atom. The van der Waals surface area contributed by atoms with E-state index in [0.717, 1.165) is 43.0 Å². The largest absolute Gasteiger partial charge is 0.452 e. The van der Waals surface area contributed by atoms with Gasteiger partial charge in [-0.25, -0.2) is 22.3 Å². The highest BCUT2D eigenvalue weighted by molar-refractivity contribution is 7.89. The Balaban J connectivity index is 1.58. The maximum absolute atomic E-state index is 14.0. The van der Waals surface area contributed by atoms with Gasteiger partial charge in [0.15, 0.2) is 6.61 Å². The van der Waals surface area contributed by atoms with Crippen molar-refractivity contribution in [3.8, 4) is 0 Å². The number of hydrogen-bond acceptors (Lipinski definition) is 5. The van der Waals surface area contributed by atoms with Gasteiger partial charge in [0.25, 0.3) is 5.91 Å². The average molecular weight is 461 g/mol. The van der Waals surface area contributed by atoms with Crippen molar-refractivity contribution in [3.05, 3.63) is 78.1 Å². The van der Waals surface area contributed by atoms with Crippen molar-refractivity contribution < 1.29 is 27.1 Å². The van der Waals surface area contributed by atoms with Gasteiger partial charge in [0.1, 0.15) is 10.7 Å². The first kappa shape index (κ1) is 23.6. The summed E-state index contributed by atoms with van der Waals surface area (Å²) in [5.41, 5.74) is 0.867. The molecule has 3 rings (SSSR count). The smallest absolute Gasteiger partial charge is 0.338 e. The van der Waals surface area contributed by atoms with Crippen molar-refractivity contribution in [1.29, 1.82) is 0 Å². The molecule has 0 heterocycles. The summed E-state index contributed by atoms with van der Waals surface area (Å²) in [6, 6.07) is 12.8. The van der Waals surface area contributed by atoms with Gasteiger partial charge < -0.3 is 10.1 Å². The van der Waals surface area contributed by atoms with Gasteiger partial charge in [0.2, 0.25) is 10.0 Å². The van der Waals surface area contributed by atoms with E-state index in [9.17, 15) is 22.4 Å². The predicted octanol–water partition coefficient (Wildman–Crippen LogP) is 2.68. The molecule has 0 unspecified atom stereocenters. The molecule has 0 spiro atoms. The second-order valence-corrected chi connectivity index (χ2v) is 9.37. The lowest BCUT2D eigenvalue weighted by Crippen LogP contribution is -2.46. The highest BCUT2D eigenvalue weighted by atomic mass is 32.2. The molecule has 1 fully saturated rings. The van der Waals surface area contributed by atoms with Gasteiger partial charge in [-0.1, -0.05) is 42.8 Å². The number of rotatable bonds is 10. The molecule has 2 aromatic carbocycles. The molecular weight excluding hydrogens is 435 g/mol. The molecule has 1 aliphatic rings. The first-order valence-corrected chi connectivity index (χ1v) is 11.7. The zero-order valence-corrected chi connectivity index (χ0v) is 18.3. The highest BCUT2D eigenvalue weighted by Crippen LogP contribution is 2.43. The van der Waals surface area contributed by atoms with E-state index in [-0.39, 0.29) is 17.5 Å². The zero-order chi connectivity index (χ0) is 23.2. The van der Waals surface area contributed by atoms with Crippen molar-refractivity contribution in [2.45, 2.75) is 29.6 Å². The summed E-state index contributed by atoms with van der Waals surface area (Å²) in [6.07, 6.45) is 4.31. The molecule has 0 radical (unpaired) electrons. The average Bonchev–Trinajstić information content (AvgIpc) is 2.76. The number of halogens is 1. The van der Waals surface area contributed by atoms with Gasteiger partial charge in [-0.3, -0.25) is 4.79 Å². The molecule has 1 aliphatic carbocycles. The van der Waals surface area contributed by atoms with Crippen molar-refractivity contribution >= 4 is 21.9 Å². The number of sulfonamides is 1. The monoisotopic (exact) mass is 460 g/mol. The van der Waals surface area contributed by atoms with Gasteiger partial charge in [0.05, 0.1) is 5.56 Å². The Bertz CT molecular complexity index is 1100. The minimum atomic E-state index is -4.17. The summed E-state index contributed by atoms with van der Waals surface area (Å²) in [4.78, 5) is 23.8. The Morgan fingerprint density at radius 3 is 2.50 bits per heavy atom. The molecule has 170 valence electrons. The SMILES string of the molecule is C=CCNS(=O)(=O)c1cc(C(=O)OCC(=O)NCC2(c3ccccc3)CCC2)ccc1F. The minimum Gasteiger partial charge on any atom is -0.452 e. The van der Waals surface area contributed by atoms with E-state index in [1.54, 1.807) is 0 Å². The molecular formula is C23H25FN2O5S. The fourth-order valence-electron chi connectivity index (χ4n) is 3.58. The first-order chi connectivity index (χ1) is 15.3. The Labute approximate surface area is 186 Å². The highest BCUT2D eigenvalue weighted by Gasteiger charge is 2.38. The number of carbonyl (C=O) groups is 2. The Morgan fingerprint density at radius 1 is 1.16 bits per heavy atom. The fourth-order valence-corrected chi connectivity index (χ4v) is 4.68. The zero-order valence-electron chi connectivity index (χ0n) is 17.5. The number of benzene rings is 2. The molecule has 7 nitrogen and oxygen atoms in total. The van der Waals surface area contributed by atoms with Crippen LogP contribution in [-0.2, 0) is 25.0 Å². The van der Waals surface area contributed by atoms with Crippen LogP contribution in [0.2, 0.25) is 0 Å². The molecule has 32 heavy (non-hydrogen) atoms. The predicted molar refractivity (Wildman–Crippen MR) is 117 cm³/mol. The molecule has 2 N–H and O–H groups in total. The summed E-state index contributed by atoms with van der Waals surface area (Å²) >= 11 is 0. The molecule has 0 aromatic heterocycles. The fraction of sp³-hybridized carbons (Fsp3) is 0.304. The number of carbonyl (C=O) groups excluding carboxylic acids is 2. The summed E-state index contributed by atoms with van der Waals surface area (Å²) < 4.78 is 45.5. The van der Waals surface area contributed by atoms with Crippen molar-refractivity contribution in [3.63, 3.8) is 0 Å². The Hall–Kier alpha value is -3.04. The van der Waals surface area contributed by atoms with Crippen LogP contribution in [0.4, 0.5) is 4.39 Å². The molecule has 0 atom stereocenters. The van der Waals surface area contributed by atoms with E-state index in [4.69, 9.17) is 4.74 Å². The van der Waals surface area contributed by atoms with Crippen LogP contribution >= 0.6 is 0 Å². The standard InChI is InChI=1S/C23H25FN2O5S/c1-2-13-26-32(29,30)20-14-17(9-10-19(20)24)22(28)31-15-21(27)25-16-23(11-6-12-23)18-7-4-3-5-8-18/h2-5,7-10,14,26H,1,6,11-13,15-16H2,(H,25,27). The van der Waals surface area contributed by atoms with Crippen molar-refractivity contribution in [2.24, 2.45) is 0 Å². The third-order valence-electron chi connectivity index (χ3n) is 5.53.